The molecule has 3 rings (SSSR count). The molecule has 2 amide bonds. The van der Waals surface area contributed by atoms with Crippen molar-refractivity contribution in [3.63, 3.8) is 0 Å². The molecule has 0 aliphatic carbocycles. The van der Waals surface area contributed by atoms with Crippen molar-refractivity contribution in [3.05, 3.63) is 71.3 Å². The predicted octanol–water partition coefficient (Wildman–Crippen LogP) is 1.70. The average Bonchev–Trinajstić information content (AvgIpc) is 2.61. The van der Waals surface area contributed by atoms with Crippen molar-refractivity contribution in [2.75, 3.05) is 13.1 Å². The Morgan fingerprint density at radius 1 is 1.04 bits per heavy atom. The van der Waals surface area contributed by atoms with Crippen LogP contribution in [0.2, 0.25) is 0 Å². The van der Waals surface area contributed by atoms with Crippen molar-refractivity contribution >= 4 is 17.8 Å². The highest BCUT2D eigenvalue weighted by Gasteiger charge is 2.34. The fourth-order valence-electron chi connectivity index (χ4n) is 2.80. The first-order valence-corrected chi connectivity index (χ1v) is 7.55. The largest absolute Gasteiger partial charge is 0.478 e. The Labute approximate surface area is 138 Å². The van der Waals surface area contributed by atoms with Gasteiger partial charge in [-0.15, -0.1) is 0 Å². The van der Waals surface area contributed by atoms with Gasteiger partial charge in [-0.25, -0.2) is 4.79 Å². The van der Waals surface area contributed by atoms with E-state index in [1.165, 1.54) is 23.1 Å². The van der Waals surface area contributed by atoms with Gasteiger partial charge >= 0.3 is 5.97 Å². The fraction of sp³-hybridized carbons (Fsp3) is 0.167. The molecule has 2 N–H and O–H groups in total. The van der Waals surface area contributed by atoms with Gasteiger partial charge in [0, 0.05) is 18.7 Å². The number of nitrogens with zero attached hydrogens (tertiary/aromatic N) is 1. The molecule has 0 unspecified atom stereocenters. The van der Waals surface area contributed by atoms with Gasteiger partial charge in [0.05, 0.1) is 5.56 Å². The minimum atomic E-state index is -1.10. The lowest BCUT2D eigenvalue weighted by Gasteiger charge is -2.35. The molecule has 0 saturated carbocycles. The van der Waals surface area contributed by atoms with Gasteiger partial charge in [-0.3, -0.25) is 9.59 Å². The summed E-state index contributed by atoms with van der Waals surface area (Å²) in [4.78, 5) is 37.8. The van der Waals surface area contributed by atoms with Gasteiger partial charge in [0.25, 0.3) is 5.91 Å². The third-order valence-corrected chi connectivity index (χ3v) is 3.94. The van der Waals surface area contributed by atoms with Crippen LogP contribution in [0.1, 0.15) is 32.3 Å². The van der Waals surface area contributed by atoms with E-state index in [0.717, 1.165) is 5.56 Å². The third-order valence-electron chi connectivity index (χ3n) is 3.94. The van der Waals surface area contributed by atoms with Crippen molar-refractivity contribution < 1.29 is 19.5 Å². The summed E-state index contributed by atoms with van der Waals surface area (Å²) in [5.41, 5.74) is 1.02. The van der Waals surface area contributed by atoms with E-state index in [1.807, 2.05) is 18.2 Å². The van der Waals surface area contributed by atoms with Crippen LogP contribution in [0.4, 0.5) is 0 Å². The van der Waals surface area contributed by atoms with Crippen molar-refractivity contribution in [3.8, 4) is 0 Å². The van der Waals surface area contributed by atoms with E-state index in [1.54, 1.807) is 18.2 Å². The number of benzene rings is 2. The van der Waals surface area contributed by atoms with E-state index in [4.69, 9.17) is 5.11 Å². The SMILES string of the molecule is O=C(O)c1cccc(C(=O)N2CCNC(=O)[C@H]2c2ccccc2)c1. The number of hydrogen-bond donors (Lipinski definition) is 2. The van der Waals surface area contributed by atoms with Crippen molar-refractivity contribution in [1.82, 2.24) is 10.2 Å². The molecule has 1 heterocycles. The number of amides is 2. The van der Waals surface area contributed by atoms with E-state index >= 15 is 0 Å². The summed E-state index contributed by atoms with van der Waals surface area (Å²) in [5, 5.41) is 11.9. The maximum Gasteiger partial charge on any atom is 0.335 e. The van der Waals surface area contributed by atoms with E-state index in [2.05, 4.69) is 5.32 Å². The van der Waals surface area contributed by atoms with E-state index in [9.17, 15) is 14.4 Å². The van der Waals surface area contributed by atoms with Gasteiger partial charge < -0.3 is 15.3 Å². The second kappa shape index (κ2) is 6.54. The minimum absolute atomic E-state index is 0.0403. The third kappa shape index (κ3) is 2.99. The first-order chi connectivity index (χ1) is 11.6. The van der Waals surface area contributed by atoms with Crippen molar-refractivity contribution in [1.29, 1.82) is 0 Å². The summed E-state index contributed by atoms with van der Waals surface area (Å²) in [6.07, 6.45) is 0. The summed E-state index contributed by atoms with van der Waals surface area (Å²) in [6.45, 7) is 0.730. The quantitative estimate of drug-likeness (QED) is 0.899. The number of carboxylic acids is 1. The van der Waals surface area contributed by atoms with Gasteiger partial charge in [0.15, 0.2) is 0 Å². The number of carbonyl (C=O) groups excluding carboxylic acids is 2. The molecule has 6 nitrogen and oxygen atoms in total. The second-order valence-corrected chi connectivity index (χ2v) is 5.49. The Balaban J connectivity index is 1.96. The Morgan fingerprint density at radius 2 is 1.75 bits per heavy atom. The van der Waals surface area contributed by atoms with Gasteiger partial charge in [-0.2, -0.15) is 0 Å². The normalized spacial score (nSPS) is 17.2. The van der Waals surface area contributed by atoms with Crippen LogP contribution in [0.3, 0.4) is 0 Å². The Bertz CT molecular complexity index is 789. The number of carboxylic acid groups (broad SMARTS) is 1. The Morgan fingerprint density at radius 3 is 2.46 bits per heavy atom. The highest BCUT2D eigenvalue weighted by Crippen LogP contribution is 2.25. The average molecular weight is 324 g/mol. The first-order valence-electron chi connectivity index (χ1n) is 7.55. The second-order valence-electron chi connectivity index (χ2n) is 5.49. The number of nitrogens with one attached hydrogen (secondary N) is 1. The monoisotopic (exact) mass is 324 g/mol. The summed E-state index contributed by atoms with van der Waals surface area (Å²) in [6, 6.07) is 14.2. The first kappa shape index (κ1) is 15.7. The van der Waals surface area contributed by atoms with E-state index < -0.39 is 12.0 Å². The molecule has 0 aromatic heterocycles. The number of aromatic carboxylic acids is 1. The van der Waals surface area contributed by atoms with Crippen molar-refractivity contribution in [2.45, 2.75) is 6.04 Å². The molecule has 1 atom stereocenters. The number of carbonyl (C=O) groups is 3. The minimum Gasteiger partial charge on any atom is -0.478 e. The molecule has 2 aromatic carbocycles. The molecule has 122 valence electrons. The van der Waals surface area contributed by atoms with Crippen LogP contribution < -0.4 is 5.32 Å². The number of piperazine rings is 1. The summed E-state index contributed by atoms with van der Waals surface area (Å²) in [7, 11) is 0. The maximum atomic E-state index is 12.9. The molecule has 0 spiro atoms. The van der Waals surface area contributed by atoms with E-state index in [0.29, 0.717) is 13.1 Å². The van der Waals surface area contributed by atoms with Crippen LogP contribution in [0.5, 0.6) is 0 Å². The smallest absolute Gasteiger partial charge is 0.335 e. The Kier molecular flexibility index (Phi) is 4.29. The highest BCUT2D eigenvalue weighted by atomic mass is 16.4. The molecule has 1 saturated heterocycles. The van der Waals surface area contributed by atoms with Crippen LogP contribution in [0.15, 0.2) is 54.6 Å². The van der Waals surface area contributed by atoms with Crippen LogP contribution in [-0.4, -0.2) is 40.9 Å². The topological polar surface area (TPSA) is 86.7 Å². The lowest BCUT2D eigenvalue weighted by atomic mass is 10.0. The molecule has 1 fully saturated rings. The summed E-state index contributed by atoms with van der Waals surface area (Å²) in [5.74, 6) is -1.70. The number of rotatable bonds is 3. The van der Waals surface area contributed by atoms with Gasteiger partial charge in [0.2, 0.25) is 5.91 Å². The number of hydrogen-bond acceptors (Lipinski definition) is 3. The van der Waals surface area contributed by atoms with Crippen LogP contribution in [0, 0.1) is 0 Å². The maximum absolute atomic E-state index is 12.9. The molecule has 0 radical (unpaired) electrons. The zero-order valence-electron chi connectivity index (χ0n) is 12.8. The van der Waals surface area contributed by atoms with Gasteiger partial charge in [0.1, 0.15) is 6.04 Å². The Hall–Kier alpha value is -3.15. The molecule has 1 aliphatic rings. The molecule has 2 aromatic rings. The van der Waals surface area contributed by atoms with Crippen LogP contribution >= 0.6 is 0 Å². The highest BCUT2D eigenvalue weighted by molar-refractivity contribution is 6.00. The summed E-state index contributed by atoms with van der Waals surface area (Å²) >= 11 is 0. The van der Waals surface area contributed by atoms with Crippen LogP contribution in [-0.2, 0) is 4.79 Å². The molecule has 0 bridgehead atoms. The lowest BCUT2D eigenvalue weighted by molar-refractivity contribution is -0.128. The molecular formula is C18H16N2O4. The predicted molar refractivity (Wildman–Crippen MR) is 86.6 cm³/mol. The van der Waals surface area contributed by atoms with E-state index in [-0.39, 0.29) is 22.9 Å². The molecular weight excluding hydrogens is 308 g/mol. The lowest BCUT2D eigenvalue weighted by Crippen LogP contribution is -2.52. The fourth-order valence-corrected chi connectivity index (χ4v) is 2.80. The molecule has 6 heteroatoms. The zero-order chi connectivity index (χ0) is 17.1. The van der Waals surface area contributed by atoms with Gasteiger partial charge in [-0.1, -0.05) is 36.4 Å². The zero-order valence-corrected chi connectivity index (χ0v) is 12.8. The van der Waals surface area contributed by atoms with Crippen molar-refractivity contribution in [2.24, 2.45) is 0 Å². The van der Waals surface area contributed by atoms with Crippen LogP contribution in [0.25, 0.3) is 0 Å². The standard InChI is InChI=1S/C18H16N2O4/c21-16-15(12-5-2-1-3-6-12)20(10-9-19-16)17(22)13-7-4-8-14(11-13)18(23)24/h1-8,11,15H,9-10H2,(H,19,21)(H,23,24)/t15-/m1/s1. The summed E-state index contributed by atoms with van der Waals surface area (Å²) < 4.78 is 0. The molecule has 1 aliphatic heterocycles. The van der Waals surface area contributed by atoms with Gasteiger partial charge in [-0.05, 0) is 23.8 Å². The molecule has 24 heavy (non-hydrogen) atoms.